The highest BCUT2D eigenvalue weighted by Crippen LogP contribution is 2.31. The molecule has 1 saturated heterocycles. The summed E-state index contributed by atoms with van der Waals surface area (Å²) in [5, 5.41) is 16.3. The molecule has 124 valence electrons. The molecule has 5 heteroatoms. The van der Waals surface area contributed by atoms with Crippen molar-refractivity contribution in [3.8, 4) is 0 Å². The van der Waals surface area contributed by atoms with E-state index in [0.29, 0.717) is 5.17 Å². The summed E-state index contributed by atoms with van der Waals surface area (Å²) in [6.45, 7) is 3.74. The first kappa shape index (κ1) is 15.8. The summed E-state index contributed by atoms with van der Waals surface area (Å²) in [7, 11) is 0. The lowest BCUT2D eigenvalue weighted by Crippen LogP contribution is -2.30. The van der Waals surface area contributed by atoms with E-state index in [4.69, 9.17) is 0 Å². The largest absolute Gasteiger partial charge is 0.302 e. The Hall–Kier alpha value is -2.66. The lowest BCUT2D eigenvalue weighted by atomic mass is 9.97. The SMILES string of the molecule is CC1(C)S/C(=N\N=Cc2c3ccccc3cc3ccccc23)NC1=O. The van der Waals surface area contributed by atoms with Gasteiger partial charge in [0.15, 0.2) is 5.17 Å². The number of amidine groups is 1. The Labute approximate surface area is 150 Å². The van der Waals surface area contributed by atoms with Crippen molar-refractivity contribution in [2.24, 2.45) is 10.2 Å². The van der Waals surface area contributed by atoms with Crippen molar-refractivity contribution in [2.45, 2.75) is 18.6 Å². The van der Waals surface area contributed by atoms with Gasteiger partial charge in [-0.1, -0.05) is 60.3 Å². The number of rotatable bonds is 2. The summed E-state index contributed by atoms with van der Waals surface area (Å²) in [5.74, 6) is -0.0398. The molecule has 1 heterocycles. The van der Waals surface area contributed by atoms with Crippen LogP contribution in [0.4, 0.5) is 0 Å². The lowest BCUT2D eigenvalue weighted by Gasteiger charge is -2.08. The highest BCUT2D eigenvalue weighted by atomic mass is 32.2. The molecule has 0 saturated carbocycles. The number of hydrogen-bond donors (Lipinski definition) is 1. The second kappa shape index (κ2) is 6.01. The first-order chi connectivity index (χ1) is 12.0. The third kappa shape index (κ3) is 2.91. The predicted octanol–water partition coefficient (Wildman–Crippen LogP) is 4.32. The molecule has 0 aromatic heterocycles. The van der Waals surface area contributed by atoms with E-state index in [1.54, 1.807) is 6.21 Å². The van der Waals surface area contributed by atoms with Gasteiger partial charge >= 0.3 is 0 Å². The van der Waals surface area contributed by atoms with Crippen LogP contribution in [-0.4, -0.2) is 22.0 Å². The van der Waals surface area contributed by atoms with Crippen LogP contribution in [0.25, 0.3) is 21.5 Å². The van der Waals surface area contributed by atoms with Gasteiger partial charge in [0, 0.05) is 5.56 Å². The van der Waals surface area contributed by atoms with Crippen LogP contribution in [-0.2, 0) is 4.79 Å². The number of benzene rings is 3. The standard InChI is InChI=1S/C20H17N3OS/c1-20(2)18(24)22-19(25-20)23-21-12-17-15-9-5-3-7-13(15)11-14-8-4-6-10-16(14)17/h3-12H,1-2H3,(H,22,23,24). The van der Waals surface area contributed by atoms with Gasteiger partial charge in [0.2, 0.25) is 5.91 Å². The van der Waals surface area contributed by atoms with Crippen LogP contribution in [0.15, 0.2) is 64.8 Å². The van der Waals surface area contributed by atoms with Crippen molar-refractivity contribution in [1.29, 1.82) is 0 Å². The average Bonchev–Trinajstić information content (AvgIpc) is 2.86. The number of thioether (sulfide) groups is 1. The molecule has 1 fully saturated rings. The first-order valence-corrected chi connectivity index (χ1v) is 8.88. The van der Waals surface area contributed by atoms with Crippen molar-refractivity contribution < 1.29 is 4.79 Å². The molecule has 3 aromatic rings. The molecule has 1 amide bonds. The average molecular weight is 347 g/mol. The van der Waals surface area contributed by atoms with E-state index >= 15 is 0 Å². The van der Waals surface area contributed by atoms with E-state index in [2.05, 4.69) is 45.9 Å². The Bertz CT molecular complexity index is 999. The molecule has 1 aliphatic rings. The van der Waals surface area contributed by atoms with Gasteiger partial charge in [0.1, 0.15) is 0 Å². The Morgan fingerprint density at radius 1 is 1.00 bits per heavy atom. The second-order valence-electron chi connectivity index (χ2n) is 6.45. The molecule has 0 bridgehead atoms. The molecule has 1 aliphatic heterocycles. The fourth-order valence-corrected chi connectivity index (χ4v) is 3.79. The molecule has 1 N–H and O–H groups in total. The number of fused-ring (bicyclic) bond motifs is 2. The second-order valence-corrected chi connectivity index (χ2v) is 8.06. The van der Waals surface area contributed by atoms with Crippen LogP contribution in [0.5, 0.6) is 0 Å². The molecule has 0 atom stereocenters. The first-order valence-electron chi connectivity index (χ1n) is 8.06. The fraction of sp³-hybridized carbons (Fsp3) is 0.150. The summed E-state index contributed by atoms with van der Waals surface area (Å²) >= 11 is 1.39. The van der Waals surface area contributed by atoms with Crippen LogP contribution < -0.4 is 5.32 Å². The molecule has 0 aliphatic carbocycles. The molecule has 3 aromatic carbocycles. The smallest absolute Gasteiger partial charge is 0.242 e. The maximum absolute atomic E-state index is 11.8. The van der Waals surface area contributed by atoms with Gasteiger partial charge in [-0.3, -0.25) is 4.79 Å². The molecule has 0 spiro atoms. The molecular formula is C20H17N3OS. The number of nitrogens with zero attached hydrogens (tertiary/aromatic N) is 2. The molecule has 4 rings (SSSR count). The number of carbonyl (C=O) groups is 1. The van der Waals surface area contributed by atoms with Crippen molar-refractivity contribution in [3.05, 3.63) is 60.2 Å². The van der Waals surface area contributed by atoms with Gasteiger partial charge in [-0.2, -0.15) is 5.10 Å². The maximum atomic E-state index is 11.8. The van der Waals surface area contributed by atoms with E-state index in [0.717, 1.165) is 16.3 Å². The molecule has 0 unspecified atom stereocenters. The van der Waals surface area contributed by atoms with E-state index in [-0.39, 0.29) is 5.91 Å². The van der Waals surface area contributed by atoms with Gasteiger partial charge < -0.3 is 5.32 Å². The zero-order valence-electron chi connectivity index (χ0n) is 14.0. The topological polar surface area (TPSA) is 53.8 Å². The monoisotopic (exact) mass is 347 g/mol. The van der Waals surface area contributed by atoms with Crippen LogP contribution in [0.1, 0.15) is 19.4 Å². The predicted molar refractivity (Wildman–Crippen MR) is 106 cm³/mol. The van der Waals surface area contributed by atoms with E-state index in [1.165, 1.54) is 22.5 Å². The molecule has 0 radical (unpaired) electrons. The Morgan fingerprint density at radius 3 is 2.16 bits per heavy atom. The Morgan fingerprint density at radius 2 is 1.60 bits per heavy atom. The van der Waals surface area contributed by atoms with Crippen LogP contribution in [0.2, 0.25) is 0 Å². The number of nitrogens with one attached hydrogen (secondary N) is 1. The highest BCUT2D eigenvalue weighted by Gasteiger charge is 2.38. The summed E-state index contributed by atoms with van der Waals surface area (Å²) in [4.78, 5) is 11.8. The Kier molecular flexibility index (Phi) is 3.81. The quantitative estimate of drug-likeness (QED) is 0.426. The summed E-state index contributed by atoms with van der Waals surface area (Å²) in [6.07, 6.45) is 1.77. The van der Waals surface area contributed by atoms with Crippen molar-refractivity contribution in [2.75, 3.05) is 0 Å². The minimum absolute atomic E-state index is 0.0398. The zero-order valence-corrected chi connectivity index (χ0v) is 14.8. The molecule has 4 nitrogen and oxygen atoms in total. The zero-order chi connectivity index (χ0) is 17.4. The normalized spacial score (nSPS) is 18.5. The number of amides is 1. The highest BCUT2D eigenvalue weighted by molar-refractivity contribution is 8.16. The lowest BCUT2D eigenvalue weighted by molar-refractivity contribution is -0.120. The summed E-state index contributed by atoms with van der Waals surface area (Å²) in [5.41, 5.74) is 1.03. The van der Waals surface area contributed by atoms with Gasteiger partial charge in [-0.05, 0) is 41.5 Å². The van der Waals surface area contributed by atoms with Gasteiger partial charge in [0.05, 0.1) is 11.0 Å². The number of hydrogen-bond acceptors (Lipinski definition) is 4. The van der Waals surface area contributed by atoms with Crippen molar-refractivity contribution in [1.82, 2.24) is 5.32 Å². The van der Waals surface area contributed by atoms with Crippen LogP contribution in [0.3, 0.4) is 0 Å². The Balaban J connectivity index is 1.79. The third-order valence-electron chi connectivity index (χ3n) is 4.27. The van der Waals surface area contributed by atoms with Gasteiger partial charge in [0.25, 0.3) is 0 Å². The summed E-state index contributed by atoms with van der Waals surface area (Å²) < 4.78 is -0.500. The third-order valence-corrected chi connectivity index (χ3v) is 5.34. The van der Waals surface area contributed by atoms with Crippen molar-refractivity contribution in [3.63, 3.8) is 0 Å². The van der Waals surface area contributed by atoms with E-state index in [9.17, 15) is 4.79 Å². The maximum Gasteiger partial charge on any atom is 0.242 e. The minimum Gasteiger partial charge on any atom is -0.302 e. The fourth-order valence-electron chi connectivity index (χ4n) is 2.93. The molecule has 25 heavy (non-hydrogen) atoms. The van der Waals surface area contributed by atoms with Crippen molar-refractivity contribution >= 4 is 50.6 Å². The van der Waals surface area contributed by atoms with Crippen LogP contribution in [0, 0.1) is 0 Å². The number of carbonyl (C=O) groups excluding carboxylic acids is 1. The minimum atomic E-state index is -0.500. The van der Waals surface area contributed by atoms with E-state index < -0.39 is 4.75 Å². The van der Waals surface area contributed by atoms with Gasteiger partial charge in [-0.15, -0.1) is 5.10 Å². The van der Waals surface area contributed by atoms with Crippen LogP contribution >= 0.6 is 11.8 Å². The van der Waals surface area contributed by atoms with E-state index in [1.807, 2.05) is 38.1 Å². The molecular weight excluding hydrogens is 330 g/mol. The van der Waals surface area contributed by atoms with Gasteiger partial charge in [-0.25, -0.2) is 0 Å². The summed E-state index contributed by atoms with van der Waals surface area (Å²) in [6, 6.07) is 18.7.